The van der Waals surface area contributed by atoms with E-state index in [1.54, 1.807) is 5.30 Å². The van der Waals surface area contributed by atoms with E-state index in [0.29, 0.717) is 0 Å². The van der Waals surface area contributed by atoms with Crippen LogP contribution in [0.15, 0.2) is 133 Å². The third kappa shape index (κ3) is 10.1. The Labute approximate surface area is 277 Å². The molecule has 0 amide bonds. The van der Waals surface area contributed by atoms with Crippen LogP contribution in [0.1, 0.15) is 39.5 Å². The molecule has 6 aromatic carbocycles. The van der Waals surface area contributed by atoms with Gasteiger partial charge in [-0.3, -0.25) is 0 Å². The van der Waals surface area contributed by atoms with Gasteiger partial charge in [-0.1, -0.05) is 107 Å². The molecule has 0 unspecified atom stereocenters. The number of halogens is 2. The SMILES string of the molecule is CCCCP(CCCC)c1cc2ccccc2[cH-]1.[Cl][Ti][Cl].c1ccc(P(c2ccccc2)c2cc3ccccc3[cH-]2)cc1. The summed E-state index contributed by atoms with van der Waals surface area (Å²) in [5.74, 6) is 0. The fourth-order valence-electron chi connectivity index (χ4n) is 5.25. The molecule has 0 aliphatic carbocycles. The second-order valence-corrected chi connectivity index (χ2v) is 17.7. The maximum Gasteiger partial charge on any atom is -0.0166 e. The van der Waals surface area contributed by atoms with Crippen molar-refractivity contribution in [1.29, 1.82) is 0 Å². The maximum atomic E-state index is 4.89. The molecule has 6 aromatic rings. The van der Waals surface area contributed by atoms with Crippen molar-refractivity contribution in [3.63, 3.8) is 0 Å². The van der Waals surface area contributed by atoms with Crippen molar-refractivity contribution in [1.82, 2.24) is 0 Å². The molecule has 0 fully saturated rings. The van der Waals surface area contributed by atoms with Crippen LogP contribution in [0.5, 0.6) is 0 Å². The second kappa shape index (κ2) is 18.9. The van der Waals surface area contributed by atoms with Gasteiger partial charge in [-0.25, -0.2) is 0 Å². The first-order valence-corrected chi connectivity index (χ1v) is 22.5. The molecular weight excluding hydrogens is 637 g/mol. The van der Waals surface area contributed by atoms with E-state index in [1.807, 2.05) is 0 Å². The standard InChI is InChI=1S/C21H16P.C17H24P.2ClH.Ti/c1-3-11-19(12-4-1)22(20-13-5-2-6-14-20)21-15-17-9-7-8-10-18(17)16-21;1-3-5-11-18(12-6-4-2)17-13-15-9-7-8-10-16(15)14-17;;;/h1-16H;7-10,13-14H,3-6,11-12H2,1-2H3;2*1H;/q2*-1;;;+2/p-2. The van der Waals surface area contributed by atoms with Crippen LogP contribution in [-0.4, -0.2) is 12.3 Å². The first-order valence-electron chi connectivity index (χ1n) is 15.1. The normalized spacial score (nSPS) is 10.8. The minimum atomic E-state index is -0.556. The van der Waals surface area contributed by atoms with Crippen molar-refractivity contribution in [2.75, 3.05) is 12.3 Å². The Bertz CT molecular complexity index is 1500. The molecule has 0 aliphatic rings. The van der Waals surface area contributed by atoms with Gasteiger partial charge >= 0.3 is 35.6 Å². The first kappa shape index (κ1) is 34.1. The monoisotopic (exact) mass is 676 g/mol. The van der Waals surface area contributed by atoms with Gasteiger partial charge in [0.25, 0.3) is 0 Å². The van der Waals surface area contributed by atoms with Crippen LogP contribution in [0, 0.1) is 0 Å². The zero-order valence-corrected chi connectivity index (χ0v) is 30.0. The van der Waals surface area contributed by atoms with Gasteiger partial charge < -0.3 is 0 Å². The largest absolute Gasteiger partial charge is 0.160 e. The third-order valence-corrected chi connectivity index (χ3v) is 12.5. The van der Waals surface area contributed by atoms with E-state index < -0.39 is 25.0 Å². The zero-order valence-electron chi connectivity index (χ0n) is 25.1. The van der Waals surface area contributed by atoms with Crippen LogP contribution in [0.3, 0.4) is 0 Å². The van der Waals surface area contributed by atoms with Gasteiger partial charge in [-0.05, 0) is 43.7 Å². The Kier molecular flexibility index (Phi) is 15.0. The van der Waals surface area contributed by atoms with Gasteiger partial charge in [0.15, 0.2) is 0 Å². The molecule has 0 saturated carbocycles. The molecule has 0 aliphatic heterocycles. The van der Waals surface area contributed by atoms with E-state index >= 15 is 0 Å². The molecule has 0 aromatic heterocycles. The summed E-state index contributed by atoms with van der Waals surface area (Å²) in [6.07, 6.45) is 8.26. The average molecular weight is 677 g/mol. The van der Waals surface area contributed by atoms with Gasteiger partial charge in [0.1, 0.15) is 0 Å². The van der Waals surface area contributed by atoms with E-state index in [2.05, 4.69) is 147 Å². The van der Waals surface area contributed by atoms with Crippen molar-refractivity contribution in [3.8, 4) is 0 Å². The molecule has 6 rings (SSSR count). The Morgan fingerprint density at radius 2 is 0.953 bits per heavy atom. The molecule has 0 heterocycles. The van der Waals surface area contributed by atoms with Crippen molar-refractivity contribution in [3.05, 3.63) is 133 Å². The molecule has 0 spiro atoms. The maximum absolute atomic E-state index is 4.89. The van der Waals surface area contributed by atoms with Crippen LogP contribution in [-0.2, 0) is 17.0 Å². The molecule has 0 radical (unpaired) electrons. The van der Waals surface area contributed by atoms with Gasteiger partial charge in [0.05, 0.1) is 0 Å². The molecule has 0 atom stereocenters. The van der Waals surface area contributed by atoms with E-state index in [0.717, 1.165) is 0 Å². The Hall–Kier alpha value is -1.75. The van der Waals surface area contributed by atoms with Gasteiger partial charge in [-0.15, -0.1) is 80.7 Å². The van der Waals surface area contributed by atoms with Crippen molar-refractivity contribution in [2.45, 2.75) is 39.5 Å². The molecule has 0 nitrogen and oxygen atoms in total. The molecule has 0 saturated heterocycles. The fourth-order valence-corrected chi connectivity index (χ4v) is 10.4. The summed E-state index contributed by atoms with van der Waals surface area (Å²) >= 11 is -0.556. The summed E-state index contributed by atoms with van der Waals surface area (Å²) in [6, 6.07) is 48.7. The molecule has 222 valence electrons. The van der Waals surface area contributed by atoms with Crippen LogP contribution in [0.25, 0.3) is 21.5 Å². The number of hydrogen-bond acceptors (Lipinski definition) is 0. The van der Waals surface area contributed by atoms with Crippen molar-refractivity contribution >= 4 is 77.2 Å². The molecule has 43 heavy (non-hydrogen) atoms. The van der Waals surface area contributed by atoms with Gasteiger partial charge in [-0.2, -0.15) is 12.1 Å². The minimum Gasteiger partial charge on any atom is -0.160 e. The molecule has 5 heteroatoms. The summed E-state index contributed by atoms with van der Waals surface area (Å²) in [5.41, 5.74) is 0. The number of rotatable bonds is 10. The van der Waals surface area contributed by atoms with E-state index in [-0.39, 0.29) is 7.92 Å². The predicted molar refractivity (Wildman–Crippen MR) is 196 cm³/mol. The van der Waals surface area contributed by atoms with Crippen molar-refractivity contribution in [2.24, 2.45) is 0 Å². The zero-order chi connectivity index (χ0) is 30.3. The number of fused-ring (bicyclic) bond motifs is 2. The summed E-state index contributed by atoms with van der Waals surface area (Å²) in [4.78, 5) is 0. The Morgan fingerprint density at radius 3 is 1.40 bits per heavy atom. The summed E-state index contributed by atoms with van der Waals surface area (Å²) in [5, 5.41) is 11.4. The summed E-state index contributed by atoms with van der Waals surface area (Å²) in [6.45, 7) is 4.60. The van der Waals surface area contributed by atoms with Crippen LogP contribution in [0.4, 0.5) is 0 Å². The number of benzene rings is 4. The van der Waals surface area contributed by atoms with E-state index in [9.17, 15) is 0 Å². The van der Waals surface area contributed by atoms with E-state index in [1.165, 1.54) is 75.5 Å². The van der Waals surface area contributed by atoms with Gasteiger partial charge in [0, 0.05) is 0 Å². The third-order valence-electron chi connectivity index (χ3n) is 7.42. The summed E-state index contributed by atoms with van der Waals surface area (Å²) < 4.78 is 0. The average Bonchev–Trinajstić information content (AvgIpc) is 3.68. The summed E-state index contributed by atoms with van der Waals surface area (Å²) in [7, 11) is 9.37. The molecular formula is C38H40Cl2P2Ti-2. The number of hydrogen-bond donors (Lipinski definition) is 0. The minimum absolute atomic E-state index is 0.0856. The van der Waals surface area contributed by atoms with Crippen LogP contribution < -0.4 is 21.2 Å². The topological polar surface area (TPSA) is 0 Å². The van der Waals surface area contributed by atoms with E-state index in [4.69, 9.17) is 18.6 Å². The molecule has 0 N–H and O–H groups in total. The van der Waals surface area contributed by atoms with Crippen molar-refractivity contribution < 1.29 is 17.0 Å². The predicted octanol–water partition coefficient (Wildman–Crippen LogP) is 11.0. The Morgan fingerprint density at radius 1 is 0.558 bits per heavy atom. The number of unbranched alkanes of at least 4 members (excludes halogenated alkanes) is 2. The van der Waals surface area contributed by atoms with Crippen LogP contribution >= 0.6 is 34.5 Å². The fraction of sp³-hybridized carbons (Fsp3) is 0.211. The van der Waals surface area contributed by atoms with Crippen LogP contribution in [0.2, 0.25) is 0 Å². The quantitative estimate of drug-likeness (QED) is 0.0769. The first-order chi connectivity index (χ1) is 21.2. The molecule has 0 bridgehead atoms. The smallest absolute Gasteiger partial charge is 0.0166 e. The second-order valence-electron chi connectivity index (χ2n) is 10.5. The Balaban J connectivity index is 0.000000184. The van der Waals surface area contributed by atoms with Gasteiger partial charge in [0.2, 0.25) is 0 Å².